The number of nitrogens with zero attached hydrogens (tertiary/aromatic N) is 2. The first-order chi connectivity index (χ1) is 9.63. The number of piperazine rings is 1. The van der Waals surface area contributed by atoms with E-state index < -0.39 is 0 Å². The average molecular weight is 277 g/mol. The zero-order valence-corrected chi connectivity index (χ0v) is 12.2. The fraction of sp³-hybridized carbons (Fsp3) is 0.600. The van der Waals surface area contributed by atoms with Crippen LogP contribution in [0.2, 0.25) is 0 Å². The van der Waals surface area contributed by atoms with Crippen molar-refractivity contribution in [2.75, 3.05) is 40.0 Å². The Labute approximate surface area is 120 Å². The van der Waals surface area contributed by atoms with Gasteiger partial charge >= 0.3 is 0 Å². The maximum atomic E-state index is 6.35. The van der Waals surface area contributed by atoms with E-state index in [-0.39, 0.29) is 6.04 Å². The largest absolute Gasteiger partial charge is 0.454 e. The van der Waals surface area contributed by atoms with Crippen molar-refractivity contribution in [1.82, 2.24) is 9.80 Å². The normalized spacial score (nSPS) is 24.9. The van der Waals surface area contributed by atoms with Gasteiger partial charge in [-0.05, 0) is 31.7 Å². The summed E-state index contributed by atoms with van der Waals surface area (Å²) >= 11 is 0. The molecule has 0 saturated carbocycles. The van der Waals surface area contributed by atoms with E-state index in [9.17, 15) is 0 Å². The van der Waals surface area contributed by atoms with E-state index in [1.165, 1.54) is 0 Å². The Kier molecular flexibility index (Phi) is 3.83. The highest BCUT2D eigenvalue weighted by Gasteiger charge is 2.23. The molecule has 110 valence electrons. The maximum Gasteiger partial charge on any atom is 0.231 e. The summed E-state index contributed by atoms with van der Waals surface area (Å²) < 4.78 is 10.7. The van der Waals surface area contributed by atoms with Gasteiger partial charge in [0.2, 0.25) is 6.79 Å². The summed E-state index contributed by atoms with van der Waals surface area (Å²) in [5, 5.41) is 0. The smallest absolute Gasteiger partial charge is 0.231 e. The van der Waals surface area contributed by atoms with Gasteiger partial charge in [-0.2, -0.15) is 0 Å². The Morgan fingerprint density at radius 3 is 2.90 bits per heavy atom. The summed E-state index contributed by atoms with van der Waals surface area (Å²) in [4.78, 5) is 4.84. The van der Waals surface area contributed by atoms with Crippen LogP contribution in [-0.2, 0) is 0 Å². The summed E-state index contributed by atoms with van der Waals surface area (Å²) in [5.74, 6) is 1.62. The molecule has 2 N–H and O–H groups in total. The van der Waals surface area contributed by atoms with Crippen molar-refractivity contribution in [1.29, 1.82) is 0 Å². The van der Waals surface area contributed by atoms with Crippen molar-refractivity contribution in [2.24, 2.45) is 5.73 Å². The molecule has 2 aliphatic heterocycles. The van der Waals surface area contributed by atoms with E-state index in [0.717, 1.165) is 43.2 Å². The predicted molar refractivity (Wildman–Crippen MR) is 78.0 cm³/mol. The molecule has 5 heteroatoms. The number of hydrogen-bond acceptors (Lipinski definition) is 5. The molecule has 0 spiro atoms. The third-order valence-electron chi connectivity index (χ3n) is 4.32. The molecule has 2 heterocycles. The third kappa shape index (κ3) is 2.75. The van der Waals surface area contributed by atoms with Gasteiger partial charge in [0.1, 0.15) is 0 Å². The highest BCUT2D eigenvalue weighted by molar-refractivity contribution is 5.45. The molecular formula is C15H23N3O2. The van der Waals surface area contributed by atoms with Gasteiger partial charge in [0, 0.05) is 38.3 Å². The van der Waals surface area contributed by atoms with Gasteiger partial charge in [-0.15, -0.1) is 0 Å². The fourth-order valence-electron chi connectivity index (χ4n) is 2.82. The van der Waals surface area contributed by atoms with Crippen LogP contribution in [0.1, 0.15) is 18.5 Å². The van der Waals surface area contributed by atoms with Crippen LogP contribution in [0.4, 0.5) is 0 Å². The Morgan fingerprint density at radius 1 is 1.30 bits per heavy atom. The lowest BCUT2D eigenvalue weighted by Crippen LogP contribution is -2.51. The van der Waals surface area contributed by atoms with Crippen LogP contribution in [-0.4, -0.2) is 55.9 Å². The first-order valence-corrected chi connectivity index (χ1v) is 7.21. The van der Waals surface area contributed by atoms with Crippen molar-refractivity contribution >= 4 is 0 Å². The van der Waals surface area contributed by atoms with Crippen LogP contribution in [0, 0.1) is 0 Å². The molecular weight excluding hydrogens is 254 g/mol. The summed E-state index contributed by atoms with van der Waals surface area (Å²) in [6.45, 7) is 6.73. The van der Waals surface area contributed by atoms with Crippen LogP contribution < -0.4 is 15.2 Å². The van der Waals surface area contributed by atoms with E-state index in [1.807, 2.05) is 18.2 Å². The molecule has 0 aliphatic carbocycles. The molecule has 1 saturated heterocycles. The maximum absolute atomic E-state index is 6.35. The Balaban J connectivity index is 1.63. The average Bonchev–Trinajstić information content (AvgIpc) is 2.90. The number of likely N-dealkylation sites (N-methyl/N-ethyl adjacent to an activating group) is 1. The number of fused-ring (bicyclic) bond motifs is 1. The Hall–Kier alpha value is -1.30. The van der Waals surface area contributed by atoms with Crippen LogP contribution in [0.5, 0.6) is 11.5 Å². The van der Waals surface area contributed by atoms with Crippen molar-refractivity contribution < 1.29 is 9.47 Å². The number of nitrogens with two attached hydrogens (primary N) is 1. The predicted octanol–water partition coefficient (Wildman–Crippen LogP) is 1.05. The second-order valence-electron chi connectivity index (χ2n) is 5.81. The van der Waals surface area contributed by atoms with Gasteiger partial charge in [0.25, 0.3) is 0 Å². The summed E-state index contributed by atoms with van der Waals surface area (Å²) in [5.41, 5.74) is 7.46. The number of hydrogen-bond donors (Lipinski definition) is 1. The van der Waals surface area contributed by atoms with Crippen molar-refractivity contribution in [3.8, 4) is 11.5 Å². The fourth-order valence-corrected chi connectivity index (χ4v) is 2.82. The van der Waals surface area contributed by atoms with Crippen LogP contribution in [0.3, 0.4) is 0 Å². The molecule has 3 rings (SSSR count). The van der Waals surface area contributed by atoms with Crippen molar-refractivity contribution in [3.63, 3.8) is 0 Å². The lowest BCUT2D eigenvalue weighted by Gasteiger charge is -2.38. The summed E-state index contributed by atoms with van der Waals surface area (Å²) in [7, 11) is 2.18. The van der Waals surface area contributed by atoms with Gasteiger partial charge in [-0.3, -0.25) is 4.90 Å². The monoisotopic (exact) mass is 277 g/mol. The van der Waals surface area contributed by atoms with Gasteiger partial charge in [-0.1, -0.05) is 6.07 Å². The molecule has 1 aromatic rings. The summed E-state index contributed by atoms with van der Waals surface area (Å²) in [6.07, 6.45) is 0. The lowest BCUT2D eigenvalue weighted by molar-refractivity contribution is 0.100. The van der Waals surface area contributed by atoms with E-state index in [1.54, 1.807) is 0 Å². The SMILES string of the molecule is CC1CN(CC(N)c2ccc3c(c2)OCO3)CCN1C. The quantitative estimate of drug-likeness (QED) is 0.895. The van der Waals surface area contributed by atoms with E-state index in [0.29, 0.717) is 12.8 Å². The zero-order chi connectivity index (χ0) is 14.1. The van der Waals surface area contributed by atoms with Gasteiger partial charge in [-0.25, -0.2) is 0 Å². The molecule has 1 fully saturated rings. The van der Waals surface area contributed by atoms with E-state index in [4.69, 9.17) is 15.2 Å². The standard InChI is InChI=1S/C15H23N3O2/c1-11-8-18(6-5-17(11)2)9-13(16)12-3-4-14-15(7-12)20-10-19-14/h3-4,7,11,13H,5-6,8-10,16H2,1-2H3. The highest BCUT2D eigenvalue weighted by atomic mass is 16.7. The number of ether oxygens (including phenoxy) is 2. The second-order valence-corrected chi connectivity index (χ2v) is 5.81. The molecule has 20 heavy (non-hydrogen) atoms. The molecule has 2 atom stereocenters. The topological polar surface area (TPSA) is 51.0 Å². The van der Waals surface area contributed by atoms with E-state index >= 15 is 0 Å². The zero-order valence-electron chi connectivity index (χ0n) is 12.2. The minimum Gasteiger partial charge on any atom is -0.454 e. The van der Waals surface area contributed by atoms with Crippen LogP contribution >= 0.6 is 0 Å². The molecule has 5 nitrogen and oxygen atoms in total. The summed E-state index contributed by atoms with van der Waals surface area (Å²) in [6, 6.07) is 6.60. The van der Waals surface area contributed by atoms with Crippen molar-refractivity contribution in [3.05, 3.63) is 23.8 Å². The first kappa shape index (κ1) is 13.7. The molecule has 2 aliphatic rings. The van der Waals surface area contributed by atoms with Gasteiger partial charge in [0.05, 0.1) is 0 Å². The van der Waals surface area contributed by atoms with Gasteiger partial charge in [0.15, 0.2) is 11.5 Å². The lowest BCUT2D eigenvalue weighted by atomic mass is 10.1. The molecule has 0 radical (unpaired) electrons. The minimum absolute atomic E-state index is 0.0140. The molecule has 2 unspecified atom stereocenters. The highest BCUT2D eigenvalue weighted by Crippen LogP contribution is 2.34. The second kappa shape index (κ2) is 5.60. The van der Waals surface area contributed by atoms with Gasteiger partial charge < -0.3 is 20.1 Å². The number of benzene rings is 1. The van der Waals surface area contributed by atoms with Crippen molar-refractivity contribution in [2.45, 2.75) is 19.0 Å². The Bertz CT molecular complexity index is 480. The van der Waals surface area contributed by atoms with Crippen LogP contribution in [0.25, 0.3) is 0 Å². The van der Waals surface area contributed by atoms with Crippen LogP contribution in [0.15, 0.2) is 18.2 Å². The molecule has 0 amide bonds. The first-order valence-electron chi connectivity index (χ1n) is 7.21. The van der Waals surface area contributed by atoms with E-state index in [2.05, 4.69) is 23.8 Å². The molecule has 1 aromatic carbocycles. The number of rotatable bonds is 3. The molecule has 0 bridgehead atoms. The molecule has 0 aromatic heterocycles. The minimum atomic E-state index is 0.0140. The third-order valence-corrected chi connectivity index (χ3v) is 4.32. The Morgan fingerprint density at radius 2 is 2.10 bits per heavy atom.